The zero-order valence-electron chi connectivity index (χ0n) is 20.6. The molecule has 7 nitrogen and oxygen atoms in total. The highest BCUT2D eigenvalue weighted by Gasteiger charge is 2.43. The molecule has 2 atom stereocenters. The maximum absolute atomic E-state index is 13.7. The Balaban J connectivity index is 1.73. The number of rotatable bonds is 11. The molecular weight excluding hydrogens is 464 g/mol. The third-order valence-corrected chi connectivity index (χ3v) is 6.24. The quantitative estimate of drug-likeness (QED) is 0.240. The predicted molar refractivity (Wildman–Crippen MR) is 143 cm³/mol. The van der Waals surface area contributed by atoms with Crippen molar-refractivity contribution in [3.8, 4) is 0 Å². The number of pyridine rings is 2. The second kappa shape index (κ2) is 12.6. The van der Waals surface area contributed by atoms with Gasteiger partial charge in [0.25, 0.3) is 0 Å². The van der Waals surface area contributed by atoms with E-state index in [1.807, 2.05) is 60.7 Å². The Morgan fingerprint density at radius 1 is 0.946 bits per heavy atom. The summed E-state index contributed by atoms with van der Waals surface area (Å²) in [4.78, 5) is 26.6. The molecule has 0 unspecified atom stereocenters. The number of aromatic nitrogens is 2. The number of amides is 1. The first-order valence-electron chi connectivity index (χ1n) is 12.1. The van der Waals surface area contributed by atoms with Gasteiger partial charge < -0.3 is 15.2 Å². The van der Waals surface area contributed by atoms with Gasteiger partial charge in [-0.3, -0.25) is 14.8 Å². The van der Waals surface area contributed by atoms with Crippen molar-refractivity contribution < 1.29 is 14.6 Å². The van der Waals surface area contributed by atoms with Gasteiger partial charge in [0.05, 0.1) is 13.2 Å². The molecule has 4 aromatic rings. The summed E-state index contributed by atoms with van der Waals surface area (Å²) in [6.07, 6.45) is 8.89. The van der Waals surface area contributed by atoms with Crippen LogP contribution in [0.4, 0.5) is 0 Å². The summed E-state index contributed by atoms with van der Waals surface area (Å²) in [6, 6.07) is 24.8. The fraction of sp³-hybridized carbons (Fsp3) is 0.200. The van der Waals surface area contributed by atoms with Gasteiger partial charge in [-0.25, -0.2) is 4.99 Å². The van der Waals surface area contributed by atoms with Crippen LogP contribution in [0.25, 0.3) is 0 Å². The maximum atomic E-state index is 13.7. The van der Waals surface area contributed by atoms with Gasteiger partial charge in [-0.2, -0.15) is 0 Å². The topological polar surface area (TPSA) is 96.7 Å². The Kier molecular flexibility index (Phi) is 8.73. The number of aliphatic hydroxyl groups is 1. The number of hydrogen-bond donors (Lipinski definition) is 2. The highest BCUT2D eigenvalue weighted by Crippen LogP contribution is 2.40. The van der Waals surface area contributed by atoms with E-state index < -0.39 is 17.7 Å². The molecule has 2 aromatic heterocycles. The number of nitrogens with zero attached hydrogens (tertiary/aromatic N) is 3. The SMILES string of the molecule is CO/C=N\[C@H](CCc1ccccc1)C(=O)N[C@H](c1ccccc1)C(O)(c1cccnc1)c1cccnc1. The van der Waals surface area contributed by atoms with Gasteiger partial charge in [-0.1, -0.05) is 72.8 Å². The van der Waals surface area contributed by atoms with E-state index in [4.69, 9.17) is 4.74 Å². The monoisotopic (exact) mass is 494 g/mol. The molecule has 0 aliphatic rings. The number of ether oxygens (including phenoxy) is 1. The first kappa shape index (κ1) is 25.7. The number of nitrogens with one attached hydrogen (secondary N) is 1. The number of carbonyl (C=O) groups excluding carboxylic acids is 1. The molecule has 0 radical (unpaired) electrons. The zero-order chi connectivity index (χ0) is 25.9. The molecule has 2 heterocycles. The molecule has 4 rings (SSSR count). The molecule has 0 aliphatic heterocycles. The van der Waals surface area contributed by atoms with E-state index in [1.165, 1.54) is 13.5 Å². The number of benzene rings is 2. The van der Waals surface area contributed by atoms with Crippen molar-refractivity contribution in [2.45, 2.75) is 30.5 Å². The summed E-state index contributed by atoms with van der Waals surface area (Å²) < 4.78 is 5.03. The zero-order valence-corrected chi connectivity index (χ0v) is 20.6. The Hall–Kier alpha value is -4.36. The molecule has 2 N–H and O–H groups in total. The summed E-state index contributed by atoms with van der Waals surface area (Å²) in [5, 5.41) is 15.5. The highest BCUT2D eigenvalue weighted by molar-refractivity contribution is 5.83. The lowest BCUT2D eigenvalue weighted by molar-refractivity contribution is -0.125. The fourth-order valence-electron chi connectivity index (χ4n) is 4.35. The van der Waals surface area contributed by atoms with Crippen molar-refractivity contribution in [1.82, 2.24) is 15.3 Å². The van der Waals surface area contributed by atoms with Gasteiger partial charge in [0.15, 0.2) is 6.40 Å². The molecule has 0 aliphatic carbocycles. The minimum atomic E-state index is -1.66. The van der Waals surface area contributed by atoms with Crippen molar-refractivity contribution >= 4 is 12.3 Å². The fourth-order valence-corrected chi connectivity index (χ4v) is 4.35. The van der Waals surface area contributed by atoms with Crippen LogP contribution >= 0.6 is 0 Å². The van der Waals surface area contributed by atoms with E-state index >= 15 is 0 Å². The van der Waals surface area contributed by atoms with E-state index in [1.54, 1.807) is 49.1 Å². The number of hydrogen-bond acceptors (Lipinski definition) is 6. The molecular formula is C30H30N4O3. The number of aryl methyl sites for hydroxylation is 1. The summed E-state index contributed by atoms with van der Waals surface area (Å²) >= 11 is 0. The van der Waals surface area contributed by atoms with Crippen LogP contribution < -0.4 is 5.32 Å². The summed E-state index contributed by atoms with van der Waals surface area (Å²) in [5.74, 6) is -0.329. The van der Waals surface area contributed by atoms with E-state index in [0.717, 1.165) is 11.1 Å². The van der Waals surface area contributed by atoms with Crippen molar-refractivity contribution in [3.05, 3.63) is 132 Å². The molecule has 0 fully saturated rings. The second-order valence-corrected chi connectivity index (χ2v) is 8.63. The van der Waals surface area contributed by atoms with Crippen LogP contribution in [0.1, 0.15) is 34.7 Å². The van der Waals surface area contributed by atoms with Gasteiger partial charge in [0, 0.05) is 35.9 Å². The Bertz CT molecular complexity index is 1230. The first-order chi connectivity index (χ1) is 18.1. The lowest BCUT2D eigenvalue weighted by Crippen LogP contribution is -2.47. The molecule has 2 aromatic carbocycles. The Morgan fingerprint density at radius 2 is 1.54 bits per heavy atom. The standard InChI is InChI=1S/C30H30N4O3/c1-37-22-33-27(17-16-23-10-4-2-5-11-23)29(35)34-28(24-12-6-3-7-13-24)30(36,25-14-8-18-31-20-25)26-15-9-19-32-21-26/h2-15,18-22,27-28,36H,16-17H2,1H3,(H,34,35)/b33-22-/t27-,28-/m1/s1. The van der Waals surface area contributed by atoms with E-state index in [0.29, 0.717) is 24.0 Å². The van der Waals surface area contributed by atoms with Gasteiger partial charge >= 0.3 is 0 Å². The predicted octanol–water partition coefficient (Wildman–Crippen LogP) is 4.25. The van der Waals surface area contributed by atoms with Gasteiger partial charge in [-0.05, 0) is 36.1 Å². The average molecular weight is 495 g/mol. The van der Waals surface area contributed by atoms with Crippen LogP contribution in [0, 0.1) is 0 Å². The summed E-state index contributed by atoms with van der Waals surface area (Å²) in [5.41, 5.74) is 1.23. The van der Waals surface area contributed by atoms with Gasteiger partial charge in [0.1, 0.15) is 11.6 Å². The van der Waals surface area contributed by atoms with Crippen molar-refractivity contribution in [2.75, 3.05) is 7.11 Å². The molecule has 0 bridgehead atoms. The van der Waals surface area contributed by atoms with E-state index in [9.17, 15) is 9.90 Å². The lowest BCUT2D eigenvalue weighted by atomic mass is 9.78. The number of methoxy groups -OCH3 is 1. The minimum absolute atomic E-state index is 0.329. The normalized spacial score (nSPS) is 13.1. The average Bonchev–Trinajstić information content (AvgIpc) is 2.97. The van der Waals surface area contributed by atoms with Crippen LogP contribution in [0.2, 0.25) is 0 Å². The van der Waals surface area contributed by atoms with Crippen molar-refractivity contribution in [3.63, 3.8) is 0 Å². The molecule has 0 saturated heterocycles. The molecule has 37 heavy (non-hydrogen) atoms. The molecule has 188 valence electrons. The minimum Gasteiger partial charge on any atom is -0.487 e. The van der Waals surface area contributed by atoms with Crippen molar-refractivity contribution in [1.29, 1.82) is 0 Å². The summed E-state index contributed by atoms with van der Waals surface area (Å²) in [6.45, 7) is 0. The highest BCUT2D eigenvalue weighted by atomic mass is 16.5. The van der Waals surface area contributed by atoms with Crippen LogP contribution in [0.3, 0.4) is 0 Å². The van der Waals surface area contributed by atoms with Crippen LogP contribution in [-0.2, 0) is 21.6 Å². The number of aliphatic imine (C=N–C) groups is 1. The second-order valence-electron chi connectivity index (χ2n) is 8.63. The van der Waals surface area contributed by atoms with Crippen LogP contribution in [0.15, 0.2) is 115 Å². The third kappa shape index (κ3) is 6.26. The maximum Gasteiger partial charge on any atom is 0.245 e. The van der Waals surface area contributed by atoms with Crippen molar-refractivity contribution in [2.24, 2.45) is 4.99 Å². The Morgan fingerprint density at radius 3 is 2.08 bits per heavy atom. The third-order valence-electron chi connectivity index (χ3n) is 6.24. The molecule has 0 spiro atoms. The van der Waals surface area contributed by atoms with Gasteiger partial charge in [-0.15, -0.1) is 0 Å². The first-order valence-corrected chi connectivity index (χ1v) is 12.1. The largest absolute Gasteiger partial charge is 0.487 e. The molecule has 7 heteroatoms. The smallest absolute Gasteiger partial charge is 0.245 e. The molecule has 1 amide bonds. The molecule has 0 saturated carbocycles. The van der Waals surface area contributed by atoms with E-state index in [-0.39, 0.29) is 5.91 Å². The van der Waals surface area contributed by atoms with E-state index in [2.05, 4.69) is 20.3 Å². The van der Waals surface area contributed by atoms with Crippen LogP contribution in [0.5, 0.6) is 0 Å². The summed E-state index contributed by atoms with van der Waals surface area (Å²) in [7, 11) is 1.49. The van der Waals surface area contributed by atoms with Crippen LogP contribution in [-0.4, -0.2) is 40.5 Å². The lowest BCUT2D eigenvalue weighted by Gasteiger charge is -2.38. The number of carbonyl (C=O) groups is 1. The van der Waals surface area contributed by atoms with Gasteiger partial charge in [0.2, 0.25) is 5.91 Å². The Labute approximate surface area is 216 Å².